The highest BCUT2D eigenvalue weighted by Crippen LogP contribution is 2.09. The fourth-order valence-corrected chi connectivity index (χ4v) is 1.63. The van der Waals surface area contributed by atoms with Crippen LogP contribution in [-0.4, -0.2) is 10.9 Å². The number of hydrogen-bond acceptors (Lipinski definition) is 4. The topological polar surface area (TPSA) is 55.1 Å². The number of aryl methyl sites for hydroxylation is 2. The molecule has 1 heterocycles. The van der Waals surface area contributed by atoms with E-state index >= 15 is 0 Å². The lowest BCUT2D eigenvalue weighted by Crippen LogP contribution is -1.96. The van der Waals surface area contributed by atoms with Gasteiger partial charge in [0, 0.05) is 23.9 Å². The summed E-state index contributed by atoms with van der Waals surface area (Å²) in [5, 5.41) is 6.59. The molecule has 0 aliphatic rings. The van der Waals surface area contributed by atoms with Gasteiger partial charge in [-0.15, -0.1) is 0 Å². The molecule has 0 aliphatic heterocycles. The molecule has 0 atom stereocenters. The van der Waals surface area contributed by atoms with Crippen LogP contribution in [0.5, 0.6) is 0 Å². The number of carbonyl (C=O) groups is 1. The minimum atomic E-state index is -0.0496. The number of anilines is 1. The maximum Gasteiger partial charge on any atom is 0.228 e. The maximum absolute atomic E-state index is 11.9. The van der Waals surface area contributed by atoms with Gasteiger partial charge < -0.3 is 9.84 Å². The van der Waals surface area contributed by atoms with Crippen molar-refractivity contribution in [2.75, 3.05) is 5.32 Å². The molecule has 2 aromatic rings. The van der Waals surface area contributed by atoms with E-state index in [1.54, 1.807) is 12.3 Å². The molecule has 0 aliphatic carbocycles. The summed E-state index contributed by atoms with van der Waals surface area (Å²) in [6.07, 6.45) is 3.99. The number of ketones is 1. The molecule has 0 radical (unpaired) electrons. The van der Waals surface area contributed by atoms with Crippen LogP contribution in [0.4, 0.5) is 5.88 Å². The van der Waals surface area contributed by atoms with E-state index in [2.05, 4.69) is 17.4 Å². The molecule has 0 amide bonds. The van der Waals surface area contributed by atoms with E-state index in [-0.39, 0.29) is 5.78 Å². The van der Waals surface area contributed by atoms with Gasteiger partial charge in [-0.3, -0.25) is 4.79 Å². The highest BCUT2D eigenvalue weighted by Gasteiger charge is 2.01. The van der Waals surface area contributed by atoms with Crippen LogP contribution in [0.25, 0.3) is 0 Å². The summed E-state index contributed by atoms with van der Waals surface area (Å²) in [6.45, 7) is 3.92. The van der Waals surface area contributed by atoms with Crippen LogP contribution < -0.4 is 5.32 Å². The Morgan fingerprint density at radius 1 is 1.37 bits per heavy atom. The first kappa shape index (κ1) is 13.1. The highest BCUT2D eigenvalue weighted by molar-refractivity contribution is 6.04. The number of benzene rings is 1. The fraction of sp³-hybridized carbons (Fsp3) is 0.200. The Kier molecular flexibility index (Phi) is 4.13. The van der Waals surface area contributed by atoms with Gasteiger partial charge >= 0.3 is 0 Å². The van der Waals surface area contributed by atoms with E-state index in [4.69, 9.17) is 4.52 Å². The molecule has 19 heavy (non-hydrogen) atoms. The van der Waals surface area contributed by atoms with Crippen molar-refractivity contribution in [3.8, 4) is 0 Å². The molecule has 1 N–H and O–H groups in total. The van der Waals surface area contributed by atoms with Gasteiger partial charge in [-0.05, 0) is 18.9 Å². The molecule has 1 aromatic carbocycles. The summed E-state index contributed by atoms with van der Waals surface area (Å²) in [5.74, 6) is 0.467. The van der Waals surface area contributed by atoms with Gasteiger partial charge in [-0.1, -0.05) is 36.3 Å². The van der Waals surface area contributed by atoms with Crippen molar-refractivity contribution >= 4 is 11.7 Å². The largest absolute Gasteiger partial charge is 0.338 e. The maximum atomic E-state index is 11.9. The van der Waals surface area contributed by atoms with E-state index < -0.39 is 0 Å². The normalized spacial score (nSPS) is 10.8. The number of carbonyl (C=O) groups excluding carboxylic acids is 1. The first-order valence-corrected chi connectivity index (χ1v) is 6.18. The third-order valence-corrected chi connectivity index (χ3v) is 2.73. The zero-order valence-electron chi connectivity index (χ0n) is 11.0. The Hall–Kier alpha value is -2.36. The predicted octanol–water partition coefficient (Wildman–Crippen LogP) is 3.35. The van der Waals surface area contributed by atoms with E-state index in [0.29, 0.717) is 11.4 Å². The molecule has 98 valence electrons. The Labute approximate surface area is 112 Å². The Morgan fingerprint density at radius 3 is 2.68 bits per heavy atom. The van der Waals surface area contributed by atoms with Crippen molar-refractivity contribution in [1.82, 2.24) is 5.16 Å². The lowest BCUT2D eigenvalue weighted by molar-refractivity contribution is 0.104. The van der Waals surface area contributed by atoms with Crippen LogP contribution in [0.15, 0.2) is 47.1 Å². The van der Waals surface area contributed by atoms with Crippen LogP contribution in [-0.2, 0) is 6.42 Å². The number of rotatable bonds is 5. The number of nitrogens with one attached hydrogen (secondary N) is 1. The quantitative estimate of drug-likeness (QED) is 0.658. The molecular formula is C15H16N2O2. The van der Waals surface area contributed by atoms with E-state index in [0.717, 1.165) is 12.1 Å². The van der Waals surface area contributed by atoms with E-state index in [9.17, 15) is 4.79 Å². The van der Waals surface area contributed by atoms with E-state index in [1.165, 1.54) is 11.6 Å². The molecule has 0 saturated carbocycles. The number of aromatic nitrogens is 1. The molecule has 0 unspecified atom stereocenters. The second kappa shape index (κ2) is 6.00. The zero-order chi connectivity index (χ0) is 13.7. The van der Waals surface area contributed by atoms with Gasteiger partial charge in [-0.25, -0.2) is 0 Å². The molecule has 4 nitrogen and oxygen atoms in total. The number of allylic oxidation sites excluding steroid dienone is 1. The second-order valence-electron chi connectivity index (χ2n) is 4.22. The van der Waals surface area contributed by atoms with Gasteiger partial charge in [0.05, 0.1) is 5.69 Å². The first-order chi connectivity index (χ1) is 9.19. The number of hydrogen-bond donors (Lipinski definition) is 1. The molecule has 0 spiro atoms. The molecule has 0 bridgehead atoms. The van der Waals surface area contributed by atoms with Crippen molar-refractivity contribution in [1.29, 1.82) is 0 Å². The van der Waals surface area contributed by atoms with Crippen molar-refractivity contribution in [3.63, 3.8) is 0 Å². The third-order valence-electron chi connectivity index (χ3n) is 2.73. The summed E-state index contributed by atoms with van der Waals surface area (Å²) in [6, 6.07) is 9.36. The summed E-state index contributed by atoms with van der Waals surface area (Å²) < 4.78 is 4.96. The Bertz CT molecular complexity index is 582. The van der Waals surface area contributed by atoms with Crippen LogP contribution >= 0.6 is 0 Å². The van der Waals surface area contributed by atoms with Crippen molar-refractivity contribution in [2.45, 2.75) is 20.3 Å². The first-order valence-electron chi connectivity index (χ1n) is 6.18. The SMILES string of the molecule is CCc1ccc(C(=O)/C=C\Nc2cc(C)no2)cc1. The van der Waals surface area contributed by atoms with E-state index in [1.807, 2.05) is 31.2 Å². The zero-order valence-corrected chi connectivity index (χ0v) is 11.0. The fourth-order valence-electron chi connectivity index (χ4n) is 1.63. The van der Waals surface area contributed by atoms with Crippen LogP contribution in [0.3, 0.4) is 0 Å². The van der Waals surface area contributed by atoms with Gasteiger partial charge in [0.2, 0.25) is 5.88 Å². The lowest BCUT2D eigenvalue weighted by atomic mass is 10.1. The third kappa shape index (κ3) is 3.55. The summed E-state index contributed by atoms with van der Waals surface area (Å²) in [5.41, 5.74) is 2.68. The average molecular weight is 256 g/mol. The molecule has 1 aromatic heterocycles. The second-order valence-corrected chi connectivity index (χ2v) is 4.22. The smallest absolute Gasteiger partial charge is 0.228 e. The minimum Gasteiger partial charge on any atom is -0.338 e. The standard InChI is InChI=1S/C15H16N2O2/c1-3-12-4-6-13(7-5-12)14(18)8-9-16-15-10-11(2)17-19-15/h4-10,16H,3H2,1-2H3/b9-8-. The van der Waals surface area contributed by atoms with Crippen molar-refractivity contribution in [2.24, 2.45) is 0 Å². The molecule has 2 rings (SSSR count). The van der Waals surface area contributed by atoms with Crippen LogP contribution in [0.2, 0.25) is 0 Å². The number of nitrogens with zero attached hydrogens (tertiary/aromatic N) is 1. The highest BCUT2D eigenvalue weighted by atomic mass is 16.5. The average Bonchev–Trinajstić information content (AvgIpc) is 2.84. The Balaban J connectivity index is 1.96. The van der Waals surface area contributed by atoms with Crippen LogP contribution in [0, 0.1) is 6.92 Å². The van der Waals surface area contributed by atoms with Gasteiger partial charge in [-0.2, -0.15) is 0 Å². The molecule has 4 heteroatoms. The van der Waals surface area contributed by atoms with Gasteiger partial charge in [0.25, 0.3) is 0 Å². The molecule has 0 saturated heterocycles. The van der Waals surface area contributed by atoms with Crippen LogP contribution in [0.1, 0.15) is 28.5 Å². The Morgan fingerprint density at radius 2 is 2.11 bits per heavy atom. The lowest BCUT2D eigenvalue weighted by Gasteiger charge is -1.98. The monoisotopic (exact) mass is 256 g/mol. The van der Waals surface area contributed by atoms with Gasteiger partial charge in [0.1, 0.15) is 0 Å². The summed E-state index contributed by atoms with van der Waals surface area (Å²) in [7, 11) is 0. The van der Waals surface area contributed by atoms with Gasteiger partial charge in [0.15, 0.2) is 5.78 Å². The predicted molar refractivity (Wildman–Crippen MR) is 74.2 cm³/mol. The van der Waals surface area contributed by atoms with Crippen molar-refractivity contribution in [3.05, 3.63) is 59.4 Å². The molecular weight excluding hydrogens is 240 g/mol. The minimum absolute atomic E-state index is 0.0496. The summed E-state index contributed by atoms with van der Waals surface area (Å²) >= 11 is 0. The van der Waals surface area contributed by atoms with Crippen molar-refractivity contribution < 1.29 is 9.32 Å². The molecule has 0 fully saturated rings. The summed E-state index contributed by atoms with van der Waals surface area (Å²) in [4.78, 5) is 11.9.